The molecule has 2 aliphatic rings. The van der Waals surface area contributed by atoms with Gasteiger partial charge in [0.15, 0.2) is 6.17 Å². The number of hydrogen-bond donors (Lipinski definition) is 1. The van der Waals surface area contributed by atoms with Gasteiger partial charge in [0.1, 0.15) is 11.9 Å². The first-order valence-electron chi connectivity index (χ1n) is 10.3. The fraction of sp³-hybridized carbons (Fsp3) is 0.409. The Balaban J connectivity index is 1.31. The number of piperidine rings is 2. The molecule has 0 saturated carbocycles. The monoisotopic (exact) mass is 409 g/mol. The van der Waals surface area contributed by atoms with Gasteiger partial charge in [-0.15, -0.1) is 10.2 Å². The van der Waals surface area contributed by atoms with Gasteiger partial charge in [-0.05, 0) is 38.1 Å². The summed E-state index contributed by atoms with van der Waals surface area (Å²) in [4.78, 5) is 6.18. The minimum absolute atomic E-state index is 0.0827. The fourth-order valence-electron chi connectivity index (χ4n) is 4.66. The maximum Gasteiger partial charge on any atom is 0.233 e. The van der Waals surface area contributed by atoms with E-state index in [1.54, 1.807) is 47.6 Å². The number of aromatic nitrogens is 4. The lowest BCUT2D eigenvalue weighted by Crippen LogP contribution is -2.59. The van der Waals surface area contributed by atoms with Gasteiger partial charge in [0.25, 0.3) is 0 Å². The summed E-state index contributed by atoms with van der Waals surface area (Å²) < 4.78 is 22.6. The van der Waals surface area contributed by atoms with Crippen LogP contribution in [0.2, 0.25) is 0 Å². The summed E-state index contributed by atoms with van der Waals surface area (Å²) in [5, 5.41) is 18.8. The van der Waals surface area contributed by atoms with Crippen LogP contribution in [-0.2, 0) is 0 Å². The number of phenolic OH excluding ortho intramolecular Hbond substituents is 1. The molecule has 0 radical (unpaired) electrons. The third-order valence-corrected chi connectivity index (χ3v) is 6.34. The summed E-state index contributed by atoms with van der Waals surface area (Å²) >= 11 is 0. The summed E-state index contributed by atoms with van der Waals surface area (Å²) in [6.45, 7) is 0. The molecule has 8 heteroatoms. The molecule has 2 fully saturated rings. The molecule has 2 saturated heterocycles. The van der Waals surface area contributed by atoms with Crippen LogP contribution in [-0.4, -0.2) is 61.2 Å². The normalized spacial score (nSPS) is 26.5. The highest BCUT2D eigenvalue weighted by Gasteiger charge is 2.45. The van der Waals surface area contributed by atoms with E-state index in [-0.39, 0.29) is 11.8 Å². The predicted molar refractivity (Wildman–Crippen MR) is 109 cm³/mol. The molecule has 3 aromatic rings. The molecule has 0 amide bonds. The van der Waals surface area contributed by atoms with Crippen LogP contribution in [0.1, 0.15) is 25.7 Å². The van der Waals surface area contributed by atoms with E-state index >= 15 is 0 Å². The second kappa shape index (κ2) is 7.68. The maximum atomic E-state index is 15.0. The van der Waals surface area contributed by atoms with Gasteiger partial charge in [0.2, 0.25) is 5.88 Å². The van der Waals surface area contributed by atoms with Crippen molar-refractivity contribution in [2.24, 2.45) is 0 Å². The van der Waals surface area contributed by atoms with E-state index in [4.69, 9.17) is 4.74 Å². The van der Waals surface area contributed by atoms with Crippen LogP contribution in [0, 0.1) is 0 Å². The summed E-state index contributed by atoms with van der Waals surface area (Å²) in [6.07, 6.45) is 7.29. The molecule has 7 nitrogen and oxygen atoms in total. The molecule has 4 atom stereocenters. The fourth-order valence-corrected chi connectivity index (χ4v) is 4.66. The Kier molecular flexibility index (Phi) is 4.86. The highest BCUT2D eigenvalue weighted by Crippen LogP contribution is 2.36. The summed E-state index contributed by atoms with van der Waals surface area (Å²) in [5.74, 6) is 0.402. The number of aromatic hydroxyl groups is 1. The molecule has 2 aromatic heterocycles. The smallest absolute Gasteiger partial charge is 0.233 e. The quantitative estimate of drug-likeness (QED) is 0.712. The average molecular weight is 409 g/mol. The van der Waals surface area contributed by atoms with Crippen molar-refractivity contribution in [2.45, 2.75) is 50.0 Å². The number of ether oxygens (including phenoxy) is 1. The molecular formula is C22H24FN5O2. The number of phenols is 1. The summed E-state index contributed by atoms with van der Waals surface area (Å²) in [5.41, 5.74) is 1.88. The molecule has 0 aliphatic carbocycles. The highest BCUT2D eigenvalue weighted by molar-refractivity contribution is 5.68. The van der Waals surface area contributed by atoms with Gasteiger partial charge in [-0.1, -0.05) is 6.42 Å². The van der Waals surface area contributed by atoms with Gasteiger partial charge in [0, 0.05) is 48.6 Å². The van der Waals surface area contributed by atoms with Crippen LogP contribution in [0.25, 0.3) is 16.9 Å². The average Bonchev–Trinajstić information content (AvgIpc) is 3.28. The molecule has 4 heterocycles. The predicted octanol–water partition coefficient (Wildman–Crippen LogP) is 3.38. The minimum Gasteiger partial charge on any atom is -0.507 e. The standard InChI is InChI=1S/C22H24FN5O2/c1-27-14-3-2-4-18(27)22(23)20(12-14)30-21-8-7-17(25-26-21)16-6-5-15(11-19(16)29)28-10-9-24-13-28/h5-11,13-14,18,20,22,29H,2-4,12H2,1H3/t14?,18?,20-,22+/m0/s1. The van der Waals surface area contributed by atoms with E-state index in [9.17, 15) is 9.50 Å². The van der Waals surface area contributed by atoms with Gasteiger partial charge >= 0.3 is 0 Å². The van der Waals surface area contributed by atoms with E-state index in [0.717, 1.165) is 24.9 Å². The molecule has 5 rings (SSSR count). The van der Waals surface area contributed by atoms with Crippen molar-refractivity contribution in [3.8, 4) is 28.6 Å². The molecule has 2 aliphatic heterocycles. The van der Waals surface area contributed by atoms with Crippen LogP contribution in [0.15, 0.2) is 49.1 Å². The maximum absolute atomic E-state index is 15.0. The number of alkyl halides is 1. The number of benzene rings is 1. The van der Waals surface area contributed by atoms with Crippen molar-refractivity contribution in [1.82, 2.24) is 24.6 Å². The van der Waals surface area contributed by atoms with Crippen molar-refractivity contribution in [2.75, 3.05) is 7.05 Å². The Hall–Kier alpha value is -3.00. The van der Waals surface area contributed by atoms with E-state index in [2.05, 4.69) is 20.1 Å². The van der Waals surface area contributed by atoms with E-state index < -0.39 is 12.3 Å². The van der Waals surface area contributed by atoms with E-state index in [1.165, 1.54) is 0 Å². The van der Waals surface area contributed by atoms with Crippen molar-refractivity contribution >= 4 is 0 Å². The molecule has 1 aromatic carbocycles. The first-order valence-corrected chi connectivity index (χ1v) is 10.3. The van der Waals surface area contributed by atoms with Gasteiger partial charge in [-0.2, -0.15) is 0 Å². The van der Waals surface area contributed by atoms with Crippen molar-refractivity contribution < 1.29 is 14.2 Å². The van der Waals surface area contributed by atoms with Gasteiger partial charge in [0.05, 0.1) is 17.7 Å². The van der Waals surface area contributed by atoms with Crippen LogP contribution >= 0.6 is 0 Å². The molecule has 156 valence electrons. The Morgan fingerprint density at radius 3 is 2.80 bits per heavy atom. The Morgan fingerprint density at radius 2 is 2.07 bits per heavy atom. The van der Waals surface area contributed by atoms with Crippen molar-refractivity contribution in [3.05, 3.63) is 49.1 Å². The second-order valence-electron chi connectivity index (χ2n) is 8.08. The zero-order valence-corrected chi connectivity index (χ0v) is 16.7. The highest BCUT2D eigenvalue weighted by atomic mass is 19.1. The van der Waals surface area contributed by atoms with Crippen molar-refractivity contribution in [1.29, 1.82) is 0 Å². The molecular weight excluding hydrogens is 385 g/mol. The molecule has 2 unspecified atom stereocenters. The lowest BCUT2D eigenvalue weighted by atomic mass is 9.82. The molecule has 30 heavy (non-hydrogen) atoms. The van der Waals surface area contributed by atoms with Gasteiger partial charge < -0.3 is 14.4 Å². The summed E-state index contributed by atoms with van der Waals surface area (Å²) in [6, 6.07) is 9.00. The lowest BCUT2D eigenvalue weighted by Gasteiger charge is -2.48. The van der Waals surface area contributed by atoms with E-state index in [0.29, 0.717) is 29.6 Å². The number of halogens is 1. The zero-order chi connectivity index (χ0) is 20.7. The number of fused-ring (bicyclic) bond motifs is 2. The molecule has 2 bridgehead atoms. The number of nitrogens with zero attached hydrogens (tertiary/aromatic N) is 5. The van der Waals surface area contributed by atoms with Crippen LogP contribution in [0.5, 0.6) is 11.6 Å². The van der Waals surface area contributed by atoms with E-state index in [1.807, 2.05) is 13.1 Å². The van der Waals surface area contributed by atoms with Crippen LogP contribution in [0.4, 0.5) is 4.39 Å². The first kappa shape index (κ1) is 19.0. The zero-order valence-electron chi connectivity index (χ0n) is 16.7. The SMILES string of the molecule is CN1C2CCCC1[C@@H](F)[C@@H](Oc1ccc(-c3ccc(-n4ccnc4)cc3O)nn1)C2. The molecule has 0 spiro atoms. The van der Waals surface area contributed by atoms with Crippen LogP contribution < -0.4 is 4.74 Å². The third kappa shape index (κ3) is 3.41. The van der Waals surface area contributed by atoms with Crippen LogP contribution in [0.3, 0.4) is 0 Å². The summed E-state index contributed by atoms with van der Waals surface area (Å²) in [7, 11) is 2.01. The number of imidazole rings is 1. The second-order valence-corrected chi connectivity index (χ2v) is 8.08. The topological polar surface area (TPSA) is 76.3 Å². The Morgan fingerprint density at radius 1 is 1.17 bits per heavy atom. The Bertz CT molecular complexity index is 1010. The van der Waals surface area contributed by atoms with Gasteiger partial charge in [-0.25, -0.2) is 9.37 Å². The third-order valence-electron chi connectivity index (χ3n) is 6.34. The number of rotatable bonds is 4. The van der Waals surface area contributed by atoms with Gasteiger partial charge in [-0.3, -0.25) is 4.90 Å². The largest absolute Gasteiger partial charge is 0.507 e. The number of hydrogen-bond acceptors (Lipinski definition) is 6. The first-order chi connectivity index (χ1) is 14.6. The van der Waals surface area contributed by atoms with Crippen molar-refractivity contribution in [3.63, 3.8) is 0 Å². The lowest BCUT2D eigenvalue weighted by molar-refractivity contribution is -0.0640. The minimum atomic E-state index is -1.03. The molecule has 1 N–H and O–H groups in total. The Labute approximate surface area is 174 Å².